The number of Topliss-reactive ketones (excluding diaryl/α,β-unsaturated/α-hetero) is 1. The Balaban J connectivity index is 1.30. The molecule has 12 heteroatoms. The fraction of sp³-hybridized carbons (Fsp3) is 0.467. The lowest BCUT2D eigenvalue weighted by Crippen LogP contribution is -2.60. The van der Waals surface area contributed by atoms with Gasteiger partial charge in [0.15, 0.2) is 11.4 Å². The van der Waals surface area contributed by atoms with E-state index in [1.54, 1.807) is 22.0 Å². The Bertz CT molecular complexity index is 1670. The van der Waals surface area contributed by atoms with Crippen LogP contribution in [0.4, 0.5) is 5.82 Å². The van der Waals surface area contributed by atoms with Gasteiger partial charge >= 0.3 is 0 Å². The van der Waals surface area contributed by atoms with Crippen LogP contribution in [0.1, 0.15) is 56.8 Å². The van der Waals surface area contributed by atoms with Gasteiger partial charge in [-0.05, 0) is 68.9 Å². The van der Waals surface area contributed by atoms with E-state index in [-0.39, 0.29) is 17.1 Å². The first-order valence-electron chi connectivity index (χ1n) is 14.7. The molecule has 5 heterocycles. The van der Waals surface area contributed by atoms with Crippen LogP contribution in [0.2, 0.25) is 0 Å². The van der Waals surface area contributed by atoms with Crippen molar-refractivity contribution in [1.82, 2.24) is 29.2 Å². The highest BCUT2D eigenvalue weighted by atomic mass is 32.2. The number of hydrogen-bond acceptors (Lipinski definition) is 9. The lowest BCUT2D eigenvalue weighted by atomic mass is 10.0. The van der Waals surface area contributed by atoms with Crippen molar-refractivity contribution >= 4 is 38.6 Å². The second kappa shape index (κ2) is 11.8. The number of pyridine rings is 1. The summed E-state index contributed by atoms with van der Waals surface area (Å²) in [5, 5.41) is 6.28. The molecule has 0 unspecified atom stereocenters. The first-order chi connectivity index (χ1) is 20.3. The van der Waals surface area contributed by atoms with E-state index in [0.29, 0.717) is 48.3 Å². The van der Waals surface area contributed by atoms with Gasteiger partial charge in [-0.1, -0.05) is 19.9 Å². The van der Waals surface area contributed by atoms with E-state index in [1.165, 1.54) is 0 Å². The van der Waals surface area contributed by atoms with Crippen molar-refractivity contribution in [3.8, 4) is 21.8 Å². The van der Waals surface area contributed by atoms with Crippen molar-refractivity contribution in [3.05, 3.63) is 53.7 Å². The van der Waals surface area contributed by atoms with E-state index in [0.717, 1.165) is 48.5 Å². The van der Waals surface area contributed by atoms with E-state index in [1.807, 2.05) is 46.8 Å². The fourth-order valence-corrected chi connectivity index (χ4v) is 7.81. The summed E-state index contributed by atoms with van der Waals surface area (Å²) in [4.78, 5) is 28.9. The smallest absolute Gasteiger partial charge is 0.214 e. The largest absolute Gasteiger partial charge is 0.353 e. The highest BCUT2D eigenvalue weighted by molar-refractivity contribution is 7.90. The summed E-state index contributed by atoms with van der Waals surface area (Å²) >= 11 is 1.62. The SMILES string of the molecule is CCN(CC)[C@@H](C)CCC(=O)c1cc(-c2cnn3ccc(-c4cccs4)nc23)nc(N2CC(NS(=O)(=O)C3CC3)C2)c1. The average molecular weight is 608 g/mol. The number of carbonyl (C=O) groups excluding carboxylic acids is 1. The Morgan fingerprint density at radius 3 is 2.62 bits per heavy atom. The molecular formula is C30H37N7O3S2. The van der Waals surface area contributed by atoms with Crippen LogP contribution in [0.25, 0.3) is 27.5 Å². The van der Waals surface area contributed by atoms with Gasteiger partial charge in [0.1, 0.15) is 5.82 Å². The molecule has 0 radical (unpaired) electrons. The molecule has 1 saturated carbocycles. The number of thiophene rings is 1. The van der Waals surface area contributed by atoms with Gasteiger partial charge < -0.3 is 9.80 Å². The lowest BCUT2D eigenvalue weighted by molar-refractivity contribution is 0.0964. The second-order valence-electron chi connectivity index (χ2n) is 11.2. The Kier molecular flexibility index (Phi) is 8.14. The third-order valence-electron chi connectivity index (χ3n) is 8.28. The van der Waals surface area contributed by atoms with Gasteiger partial charge in [0, 0.05) is 37.3 Å². The van der Waals surface area contributed by atoms with Crippen LogP contribution in [-0.4, -0.2) is 82.2 Å². The Morgan fingerprint density at radius 2 is 1.93 bits per heavy atom. The number of anilines is 1. The molecule has 4 aromatic heterocycles. The molecule has 1 atom stereocenters. The molecule has 1 N–H and O–H groups in total. The van der Waals surface area contributed by atoms with E-state index in [2.05, 4.69) is 35.5 Å². The maximum Gasteiger partial charge on any atom is 0.214 e. The lowest BCUT2D eigenvalue weighted by Gasteiger charge is -2.40. The number of aromatic nitrogens is 4. The molecular weight excluding hydrogens is 571 g/mol. The number of nitrogens with zero attached hydrogens (tertiary/aromatic N) is 6. The Labute approximate surface area is 250 Å². The molecule has 0 bridgehead atoms. The van der Waals surface area contributed by atoms with Crippen LogP contribution in [0.3, 0.4) is 0 Å². The molecule has 0 spiro atoms. The van der Waals surface area contributed by atoms with Crippen LogP contribution < -0.4 is 9.62 Å². The molecule has 1 aliphatic heterocycles. The predicted octanol–water partition coefficient (Wildman–Crippen LogP) is 4.48. The number of sulfonamides is 1. The molecule has 2 fully saturated rings. The Morgan fingerprint density at radius 1 is 1.14 bits per heavy atom. The zero-order chi connectivity index (χ0) is 29.4. The standard InChI is InChI=1S/C30H37N7O3S2/c1-4-35(5-2)20(3)8-11-27(38)21-15-26(24-17-31-37-13-12-25(33-30(24)37)28-7-6-14-41-28)32-29(16-21)36-18-22(19-36)34-42(39,40)23-9-10-23/h6-7,12-17,20,22-23,34H,4-5,8-11,18-19H2,1-3H3/t20-/m0/s1. The maximum atomic E-state index is 13.6. The number of fused-ring (bicyclic) bond motifs is 1. The second-order valence-corrected chi connectivity index (χ2v) is 14.2. The summed E-state index contributed by atoms with van der Waals surface area (Å²) in [6, 6.07) is 9.80. The van der Waals surface area contributed by atoms with E-state index in [4.69, 9.17) is 9.97 Å². The zero-order valence-corrected chi connectivity index (χ0v) is 25.9. The van der Waals surface area contributed by atoms with E-state index in [9.17, 15) is 13.2 Å². The minimum atomic E-state index is -3.27. The summed E-state index contributed by atoms with van der Waals surface area (Å²) < 4.78 is 29.4. The van der Waals surface area contributed by atoms with Gasteiger partial charge in [-0.15, -0.1) is 11.3 Å². The average Bonchev–Trinajstić information content (AvgIpc) is 3.54. The summed E-state index contributed by atoms with van der Waals surface area (Å²) in [6.07, 6.45) is 6.29. The Hall–Kier alpha value is -3.19. The third-order valence-corrected chi connectivity index (χ3v) is 11.2. The van der Waals surface area contributed by atoms with E-state index >= 15 is 0 Å². The zero-order valence-electron chi connectivity index (χ0n) is 24.2. The summed E-state index contributed by atoms with van der Waals surface area (Å²) in [7, 11) is -3.27. The number of hydrogen-bond donors (Lipinski definition) is 1. The number of ketones is 1. The van der Waals surface area contributed by atoms with Crippen molar-refractivity contribution in [2.45, 2.75) is 63.8 Å². The molecule has 222 valence electrons. The van der Waals surface area contributed by atoms with E-state index < -0.39 is 10.0 Å². The van der Waals surface area contributed by atoms with Crippen molar-refractivity contribution in [2.75, 3.05) is 31.1 Å². The van der Waals surface area contributed by atoms with Crippen LogP contribution in [0, 0.1) is 0 Å². The summed E-state index contributed by atoms with van der Waals surface area (Å²) in [6.45, 7) is 9.36. The van der Waals surface area contributed by atoms with Crippen LogP contribution >= 0.6 is 11.3 Å². The van der Waals surface area contributed by atoms with Crippen molar-refractivity contribution in [2.24, 2.45) is 0 Å². The first kappa shape index (κ1) is 28.9. The minimum absolute atomic E-state index is 0.0640. The van der Waals surface area contributed by atoms with Gasteiger partial charge in [-0.3, -0.25) is 4.79 Å². The topological polar surface area (TPSA) is 113 Å². The van der Waals surface area contributed by atoms with Crippen molar-refractivity contribution in [3.63, 3.8) is 0 Å². The summed E-state index contributed by atoms with van der Waals surface area (Å²) in [5.74, 6) is 0.720. The predicted molar refractivity (Wildman–Crippen MR) is 167 cm³/mol. The van der Waals surface area contributed by atoms with Crippen LogP contribution in [-0.2, 0) is 10.0 Å². The fourth-order valence-electron chi connectivity index (χ4n) is 5.55. The third kappa shape index (κ3) is 5.98. The molecule has 2 aliphatic rings. The normalized spacial score (nSPS) is 16.7. The minimum Gasteiger partial charge on any atom is -0.353 e. The molecule has 10 nitrogen and oxygen atoms in total. The molecule has 0 amide bonds. The first-order valence-corrected chi connectivity index (χ1v) is 17.1. The van der Waals surface area contributed by atoms with Crippen molar-refractivity contribution in [1.29, 1.82) is 0 Å². The van der Waals surface area contributed by atoms with Gasteiger partial charge in [0.05, 0.1) is 39.3 Å². The molecule has 0 aromatic carbocycles. The van der Waals surface area contributed by atoms with Gasteiger partial charge in [0.25, 0.3) is 0 Å². The molecule has 1 aliphatic carbocycles. The molecule has 42 heavy (non-hydrogen) atoms. The molecule has 6 rings (SSSR count). The number of rotatable bonds is 13. The molecule has 1 saturated heterocycles. The highest BCUT2D eigenvalue weighted by Crippen LogP contribution is 2.32. The quantitative estimate of drug-likeness (QED) is 0.222. The van der Waals surface area contributed by atoms with Gasteiger partial charge in [-0.25, -0.2) is 27.6 Å². The van der Waals surface area contributed by atoms with Gasteiger partial charge in [-0.2, -0.15) is 5.10 Å². The number of carbonyl (C=O) groups is 1. The molecule has 4 aromatic rings. The van der Waals surface area contributed by atoms with Crippen LogP contribution in [0.5, 0.6) is 0 Å². The summed E-state index contributed by atoms with van der Waals surface area (Å²) in [5.41, 5.74) is 3.48. The highest BCUT2D eigenvalue weighted by Gasteiger charge is 2.40. The van der Waals surface area contributed by atoms with Gasteiger partial charge in [0.2, 0.25) is 10.0 Å². The van der Waals surface area contributed by atoms with Crippen LogP contribution in [0.15, 0.2) is 48.1 Å². The monoisotopic (exact) mass is 607 g/mol. The number of nitrogens with one attached hydrogen (secondary N) is 1. The van der Waals surface area contributed by atoms with Crippen molar-refractivity contribution < 1.29 is 13.2 Å². The maximum absolute atomic E-state index is 13.6.